The fourth-order valence-corrected chi connectivity index (χ4v) is 2.41. The number of amides is 1. The van der Waals surface area contributed by atoms with Crippen LogP contribution in [0.3, 0.4) is 0 Å². The molecule has 0 saturated carbocycles. The predicted octanol–water partition coefficient (Wildman–Crippen LogP) is 0.959. The van der Waals surface area contributed by atoms with Gasteiger partial charge in [-0.25, -0.2) is 0 Å². The molecule has 0 aromatic heterocycles. The summed E-state index contributed by atoms with van der Waals surface area (Å²) in [6.45, 7) is 2.87. The molecule has 1 aromatic rings. The van der Waals surface area contributed by atoms with Gasteiger partial charge in [0.2, 0.25) is 0 Å². The number of nitrogens with zero attached hydrogens (tertiary/aromatic N) is 1. The Hall–Kier alpha value is -1.75. The van der Waals surface area contributed by atoms with Gasteiger partial charge in [-0.05, 0) is 44.1 Å². The molecule has 1 atom stereocenters. The second-order valence-corrected chi connectivity index (χ2v) is 5.08. The lowest BCUT2D eigenvalue weighted by molar-refractivity contribution is 0.0947. The number of hydrogen-bond acceptors (Lipinski definition) is 4. The number of hydrogen-bond donors (Lipinski definition) is 2. The van der Waals surface area contributed by atoms with Crippen LogP contribution in [-0.4, -0.2) is 44.6 Å². The quantitative estimate of drug-likeness (QED) is 0.794. The average Bonchev–Trinajstić information content (AvgIpc) is 2.81. The Kier molecular flexibility index (Phi) is 4.27. The Balaban J connectivity index is 1.91. The third-order valence-electron chi connectivity index (χ3n) is 3.53. The van der Waals surface area contributed by atoms with Gasteiger partial charge in [-0.3, -0.25) is 4.79 Å². The van der Waals surface area contributed by atoms with Crippen molar-refractivity contribution in [3.05, 3.63) is 23.8 Å². The van der Waals surface area contributed by atoms with Crippen LogP contribution in [0.1, 0.15) is 16.8 Å². The Labute approximate surface area is 113 Å². The summed E-state index contributed by atoms with van der Waals surface area (Å²) in [4.78, 5) is 14.3. The van der Waals surface area contributed by atoms with Gasteiger partial charge in [-0.15, -0.1) is 0 Å². The molecule has 0 spiro atoms. The van der Waals surface area contributed by atoms with Crippen molar-refractivity contribution < 1.29 is 9.53 Å². The van der Waals surface area contributed by atoms with E-state index in [2.05, 4.69) is 17.3 Å². The summed E-state index contributed by atoms with van der Waals surface area (Å²) in [5, 5.41) is 2.96. The Morgan fingerprint density at radius 3 is 2.95 bits per heavy atom. The van der Waals surface area contributed by atoms with E-state index in [1.165, 1.54) is 0 Å². The second-order valence-electron chi connectivity index (χ2n) is 5.08. The third kappa shape index (κ3) is 3.38. The Bertz CT molecular complexity index is 462. The molecule has 0 aliphatic carbocycles. The molecule has 3 N–H and O–H groups in total. The molecule has 1 fully saturated rings. The second kappa shape index (κ2) is 5.93. The molecule has 5 nitrogen and oxygen atoms in total. The highest BCUT2D eigenvalue weighted by molar-refractivity contribution is 5.95. The average molecular weight is 263 g/mol. The van der Waals surface area contributed by atoms with Crippen molar-refractivity contribution >= 4 is 11.6 Å². The maximum absolute atomic E-state index is 12.0. The van der Waals surface area contributed by atoms with Gasteiger partial charge in [-0.1, -0.05) is 0 Å². The lowest BCUT2D eigenvalue weighted by atomic mass is 10.1. The minimum absolute atomic E-state index is 0.0797. The summed E-state index contributed by atoms with van der Waals surface area (Å²) in [6.07, 6.45) is 1.14. The van der Waals surface area contributed by atoms with Gasteiger partial charge >= 0.3 is 0 Å². The first kappa shape index (κ1) is 13.7. The molecule has 0 bridgehead atoms. The predicted molar refractivity (Wildman–Crippen MR) is 75.3 cm³/mol. The molecule has 19 heavy (non-hydrogen) atoms. The Morgan fingerprint density at radius 1 is 1.58 bits per heavy atom. The molecule has 104 valence electrons. The van der Waals surface area contributed by atoms with E-state index in [0.29, 0.717) is 22.9 Å². The number of nitrogens with one attached hydrogen (secondary N) is 1. The summed E-state index contributed by atoms with van der Waals surface area (Å²) in [5.74, 6) is 1.06. The molecule has 1 saturated heterocycles. The van der Waals surface area contributed by atoms with E-state index in [1.54, 1.807) is 25.3 Å². The number of nitrogen functional groups attached to an aromatic ring is 1. The number of methoxy groups -OCH3 is 1. The zero-order valence-electron chi connectivity index (χ0n) is 11.5. The number of benzene rings is 1. The van der Waals surface area contributed by atoms with Crippen molar-refractivity contribution in [1.82, 2.24) is 10.2 Å². The van der Waals surface area contributed by atoms with Gasteiger partial charge in [0.1, 0.15) is 5.75 Å². The maximum Gasteiger partial charge on any atom is 0.251 e. The van der Waals surface area contributed by atoms with Gasteiger partial charge in [0.15, 0.2) is 0 Å². The van der Waals surface area contributed by atoms with Crippen molar-refractivity contribution in [3.8, 4) is 5.75 Å². The van der Waals surface area contributed by atoms with Crippen LogP contribution < -0.4 is 15.8 Å². The molecule has 1 aliphatic heterocycles. The zero-order valence-corrected chi connectivity index (χ0v) is 11.5. The third-order valence-corrected chi connectivity index (χ3v) is 3.53. The highest BCUT2D eigenvalue weighted by Crippen LogP contribution is 2.22. The topological polar surface area (TPSA) is 67.6 Å². The first-order valence-electron chi connectivity index (χ1n) is 6.50. The van der Waals surface area contributed by atoms with Crippen molar-refractivity contribution in [1.29, 1.82) is 0 Å². The van der Waals surface area contributed by atoms with Crippen LogP contribution in [0, 0.1) is 5.92 Å². The number of nitrogens with two attached hydrogens (primary N) is 1. The van der Waals surface area contributed by atoms with Crippen LogP contribution in [0.25, 0.3) is 0 Å². The molecule has 5 heteroatoms. The van der Waals surface area contributed by atoms with Crippen LogP contribution in [0.2, 0.25) is 0 Å². The van der Waals surface area contributed by atoms with E-state index < -0.39 is 0 Å². The molecule has 1 aliphatic rings. The Morgan fingerprint density at radius 2 is 2.37 bits per heavy atom. The molecule has 1 unspecified atom stereocenters. The molecule has 2 rings (SSSR count). The number of anilines is 1. The van der Waals surface area contributed by atoms with E-state index in [-0.39, 0.29) is 5.91 Å². The van der Waals surface area contributed by atoms with E-state index in [9.17, 15) is 4.79 Å². The van der Waals surface area contributed by atoms with Crippen LogP contribution >= 0.6 is 0 Å². The van der Waals surface area contributed by atoms with Gasteiger partial charge in [0, 0.05) is 18.7 Å². The van der Waals surface area contributed by atoms with Crippen LogP contribution in [0.15, 0.2) is 18.2 Å². The maximum atomic E-state index is 12.0. The van der Waals surface area contributed by atoms with Gasteiger partial charge < -0.3 is 20.7 Å². The summed E-state index contributed by atoms with van der Waals surface area (Å²) >= 11 is 0. The minimum Gasteiger partial charge on any atom is -0.495 e. The SMILES string of the molecule is COc1ccc(C(=O)NCC2CCN(C)C2)cc1N. The number of carbonyl (C=O) groups excluding carboxylic acids is 1. The number of rotatable bonds is 4. The standard InChI is InChI=1S/C14H21N3O2/c1-17-6-5-10(9-17)8-16-14(18)11-3-4-13(19-2)12(15)7-11/h3-4,7,10H,5-6,8-9,15H2,1-2H3,(H,16,18). The molecular formula is C14H21N3O2. The van der Waals surface area contributed by atoms with E-state index >= 15 is 0 Å². The highest BCUT2D eigenvalue weighted by atomic mass is 16.5. The zero-order chi connectivity index (χ0) is 13.8. The lowest BCUT2D eigenvalue weighted by Gasteiger charge is -2.12. The summed E-state index contributed by atoms with van der Waals surface area (Å²) in [5.41, 5.74) is 6.85. The first-order chi connectivity index (χ1) is 9.10. The molecule has 1 amide bonds. The van der Waals surface area contributed by atoms with Crippen molar-refractivity contribution in [2.45, 2.75) is 6.42 Å². The van der Waals surface area contributed by atoms with Gasteiger partial charge in [0.25, 0.3) is 5.91 Å². The first-order valence-corrected chi connectivity index (χ1v) is 6.50. The summed E-state index contributed by atoms with van der Waals surface area (Å²) < 4.78 is 5.07. The van der Waals surface area contributed by atoms with Crippen molar-refractivity contribution in [3.63, 3.8) is 0 Å². The number of ether oxygens (including phenoxy) is 1. The van der Waals surface area contributed by atoms with Crippen LogP contribution in [0.5, 0.6) is 5.75 Å². The van der Waals surface area contributed by atoms with Gasteiger partial charge in [-0.2, -0.15) is 0 Å². The van der Waals surface area contributed by atoms with Gasteiger partial charge in [0.05, 0.1) is 12.8 Å². The van der Waals surface area contributed by atoms with Crippen LogP contribution in [-0.2, 0) is 0 Å². The summed E-state index contributed by atoms with van der Waals surface area (Å²) in [6, 6.07) is 5.09. The summed E-state index contributed by atoms with van der Waals surface area (Å²) in [7, 11) is 3.66. The molecule has 1 aromatic carbocycles. The highest BCUT2D eigenvalue weighted by Gasteiger charge is 2.20. The largest absolute Gasteiger partial charge is 0.495 e. The smallest absolute Gasteiger partial charge is 0.251 e. The van der Waals surface area contributed by atoms with E-state index in [0.717, 1.165) is 26.1 Å². The fraction of sp³-hybridized carbons (Fsp3) is 0.500. The molecule has 1 heterocycles. The normalized spacial score (nSPS) is 19.4. The van der Waals surface area contributed by atoms with Crippen molar-refractivity contribution in [2.75, 3.05) is 39.5 Å². The number of carbonyl (C=O) groups is 1. The molecule has 0 radical (unpaired) electrons. The van der Waals surface area contributed by atoms with Crippen molar-refractivity contribution in [2.24, 2.45) is 5.92 Å². The van der Waals surface area contributed by atoms with E-state index in [1.807, 2.05) is 0 Å². The number of likely N-dealkylation sites (tertiary alicyclic amines) is 1. The monoisotopic (exact) mass is 263 g/mol. The van der Waals surface area contributed by atoms with Crippen LogP contribution in [0.4, 0.5) is 5.69 Å². The lowest BCUT2D eigenvalue weighted by Crippen LogP contribution is -2.30. The fourth-order valence-electron chi connectivity index (χ4n) is 2.41. The van der Waals surface area contributed by atoms with E-state index in [4.69, 9.17) is 10.5 Å². The molecular weight excluding hydrogens is 242 g/mol. The minimum atomic E-state index is -0.0797.